The molecule has 1 saturated heterocycles. The van der Waals surface area contributed by atoms with Crippen LogP contribution in [0.25, 0.3) is 0 Å². The Labute approximate surface area is 153 Å². The number of rotatable bonds is 4. The Bertz CT molecular complexity index is 750. The molecule has 132 valence electrons. The van der Waals surface area contributed by atoms with Crippen molar-refractivity contribution in [2.75, 3.05) is 20.1 Å². The van der Waals surface area contributed by atoms with E-state index in [1.165, 1.54) is 11.8 Å². The topological polar surface area (TPSA) is 58.1 Å². The van der Waals surface area contributed by atoms with Crippen LogP contribution < -0.4 is 5.32 Å². The van der Waals surface area contributed by atoms with E-state index in [-0.39, 0.29) is 34.5 Å². The van der Waals surface area contributed by atoms with Crippen LogP contribution in [0.2, 0.25) is 5.02 Å². The second-order valence-electron chi connectivity index (χ2n) is 6.90. The second kappa shape index (κ2) is 7.50. The third kappa shape index (κ3) is 3.99. The molecule has 0 spiro atoms. The fraction of sp³-hybridized carbons (Fsp3) is 0.421. The summed E-state index contributed by atoms with van der Waals surface area (Å²) >= 11 is 6.17. The molecule has 0 saturated carbocycles. The van der Waals surface area contributed by atoms with E-state index < -0.39 is 0 Å². The van der Waals surface area contributed by atoms with E-state index in [2.05, 4.69) is 39.4 Å². The summed E-state index contributed by atoms with van der Waals surface area (Å²) in [7, 11) is 2.07. The predicted molar refractivity (Wildman–Crippen MR) is 99.1 cm³/mol. The van der Waals surface area contributed by atoms with Crippen LogP contribution >= 0.6 is 11.6 Å². The van der Waals surface area contributed by atoms with Gasteiger partial charge >= 0.3 is 0 Å². The standard InChI is InChI=1S/C19H23ClN4O/c1-12(2)18-21-9-15(20)17(23-18)19(25)22-16-11-24(3)10-14(16)13-7-5-4-6-8-13/h4-9,12,14,16H,10-11H2,1-3H3,(H,22,25). The summed E-state index contributed by atoms with van der Waals surface area (Å²) in [6, 6.07) is 10.3. The van der Waals surface area contributed by atoms with Gasteiger partial charge in [0.1, 0.15) is 11.5 Å². The Balaban J connectivity index is 1.81. The molecular formula is C19H23ClN4O. The number of nitrogens with zero attached hydrogens (tertiary/aromatic N) is 3. The van der Waals surface area contributed by atoms with E-state index in [0.717, 1.165) is 13.1 Å². The van der Waals surface area contributed by atoms with E-state index in [4.69, 9.17) is 11.6 Å². The molecule has 1 aliphatic rings. The third-order valence-electron chi connectivity index (χ3n) is 4.54. The average molecular weight is 359 g/mol. The summed E-state index contributed by atoms with van der Waals surface area (Å²) in [5.41, 5.74) is 1.48. The van der Waals surface area contributed by atoms with E-state index in [1.807, 2.05) is 32.0 Å². The van der Waals surface area contributed by atoms with Gasteiger partial charge in [0.2, 0.25) is 0 Å². The van der Waals surface area contributed by atoms with Gasteiger partial charge in [0.05, 0.1) is 11.2 Å². The molecule has 2 heterocycles. The Morgan fingerprint density at radius 3 is 2.68 bits per heavy atom. The first-order valence-corrected chi connectivity index (χ1v) is 8.90. The quantitative estimate of drug-likeness (QED) is 0.912. The first kappa shape index (κ1) is 17.8. The van der Waals surface area contributed by atoms with Crippen molar-refractivity contribution in [3.8, 4) is 0 Å². The summed E-state index contributed by atoms with van der Waals surface area (Å²) in [5.74, 6) is 0.770. The van der Waals surface area contributed by atoms with Crippen molar-refractivity contribution < 1.29 is 4.79 Å². The van der Waals surface area contributed by atoms with Crippen molar-refractivity contribution in [2.45, 2.75) is 31.7 Å². The van der Waals surface area contributed by atoms with Gasteiger partial charge in [-0.2, -0.15) is 0 Å². The number of likely N-dealkylation sites (tertiary alicyclic amines) is 1. The Hall–Kier alpha value is -1.98. The monoisotopic (exact) mass is 358 g/mol. The van der Waals surface area contributed by atoms with Crippen molar-refractivity contribution in [1.29, 1.82) is 0 Å². The van der Waals surface area contributed by atoms with Crippen molar-refractivity contribution in [3.05, 3.63) is 58.6 Å². The molecule has 2 atom stereocenters. The SMILES string of the molecule is CC(C)c1ncc(Cl)c(C(=O)NC2CN(C)CC2c2ccccc2)n1. The Kier molecular flexibility index (Phi) is 5.35. The number of carbonyl (C=O) groups excluding carboxylic acids is 1. The van der Waals surface area contributed by atoms with Crippen LogP contribution in [0, 0.1) is 0 Å². The van der Waals surface area contributed by atoms with Crippen LogP contribution in [0.1, 0.15) is 47.6 Å². The molecule has 0 radical (unpaired) electrons. The van der Waals surface area contributed by atoms with Crippen LogP contribution in [0.15, 0.2) is 36.5 Å². The van der Waals surface area contributed by atoms with Gasteiger partial charge in [-0.1, -0.05) is 55.8 Å². The lowest BCUT2D eigenvalue weighted by molar-refractivity contribution is 0.0930. The maximum Gasteiger partial charge on any atom is 0.271 e. The molecule has 6 heteroatoms. The second-order valence-corrected chi connectivity index (χ2v) is 7.30. The number of halogens is 1. The molecule has 1 aromatic heterocycles. The normalized spacial score (nSPS) is 20.8. The van der Waals surface area contributed by atoms with Gasteiger partial charge in [0, 0.05) is 31.0 Å². The minimum Gasteiger partial charge on any atom is -0.346 e. The molecule has 0 aliphatic carbocycles. The molecule has 1 aliphatic heterocycles. The largest absolute Gasteiger partial charge is 0.346 e. The fourth-order valence-electron chi connectivity index (χ4n) is 3.24. The lowest BCUT2D eigenvalue weighted by Gasteiger charge is -2.20. The van der Waals surface area contributed by atoms with Gasteiger partial charge in [-0.3, -0.25) is 4.79 Å². The minimum absolute atomic E-state index is 0.0217. The number of benzene rings is 1. The smallest absolute Gasteiger partial charge is 0.271 e. The number of hydrogen-bond donors (Lipinski definition) is 1. The zero-order valence-electron chi connectivity index (χ0n) is 14.7. The fourth-order valence-corrected chi connectivity index (χ4v) is 3.42. The number of hydrogen-bond acceptors (Lipinski definition) is 4. The van der Waals surface area contributed by atoms with Gasteiger partial charge in [0.25, 0.3) is 5.91 Å². The van der Waals surface area contributed by atoms with E-state index >= 15 is 0 Å². The zero-order chi connectivity index (χ0) is 18.0. The van der Waals surface area contributed by atoms with E-state index in [0.29, 0.717) is 5.82 Å². The van der Waals surface area contributed by atoms with Gasteiger partial charge < -0.3 is 10.2 Å². The van der Waals surface area contributed by atoms with Crippen LogP contribution in [0.4, 0.5) is 0 Å². The summed E-state index contributed by atoms with van der Waals surface area (Å²) < 4.78 is 0. The molecule has 1 fully saturated rings. The van der Waals surface area contributed by atoms with Crippen LogP contribution in [0.3, 0.4) is 0 Å². The van der Waals surface area contributed by atoms with Gasteiger partial charge in [0.15, 0.2) is 0 Å². The summed E-state index contributed by atoms with van der Waals surface area (Å²) in [6.07, 6.45) is 1.51. The molecule has 1 amide bonds. The number of carbonyl (C=O) groups is 1. The van der Waals surface area contributed by atoms with Crippen molar-refractivity contribution in [2.24, 2.45) is 0 Å². The highest BCUT2D eigenvalue weighted by Gasteiger charge is 2.33. The summed E-state index contributed by atoms with van der Waals surface area (Å²) in [6.45, 7) is 5.68. The lowest BCUT2D eigenvalue weighted by Crippen LogP contribution is -2.40. The van der Waals surface area contributed by atoms with Crippen LogP contribution in [-0.4, -0.2) is 47.0 Å². The maximum atomic E-state index is 12.8. The maximum absolute atomic E-state index is 12.8. The van der Waals surface area contributed by atoms with Crippen molar-refractivity contribution in [1.82, 2.24) is 20.2 Å². The van der Waals surface area contributed by atoms with Crippen LogP contribution in [0.5, 0.6) is 0 Å². The zero-order valence-corrected chi connectivity index (χ0v) is 15.5. The highest BCUT2D eigenvalue weighted by atomic mass is 35.5. The molecular weight excluding hydrogens is 336 g/mol. The number of amides is 1. The molecule has 1 aromatic carbocycles. The number of aromatic nitrogens is 2. The highest BCUT2D eigenvalue weighted by Crippen LogP contribution is 2.27. The Morgan fingerprint density at radius 1 is 1.28 bits per heavy atom. The number of nitrogens with one attached hydrogen (secondary N) is 1. The van der Waals surface area contributed by atoms with E-state index in [1.54, 1.807) is 0 Å². The average Bonchev–Trinajstić information content (AvgIpc) is 2.96. The summed E-state index contributed by atoms with van der Waals surface area (Å²) in [5, 5.41) is 3.41. The van der Waals surface area contributed by atoms with Gasteiger partial charge in [-0.05, 0) is 12.6 Å². The molecule has 2 aromatic rings. The van der Waals surface area contributed by atoms with Crippen molar-refractivity contribution >= 4 is 17.5 Å². The van der Waals surface area contributed by atoms with Gasteiger partial charge in [-0.15, -0.1) is 0 Å². The first-order chi connectivity index (χ1) is 12.0. The third-order valence-corrected chi connectivity index (χ3v) is 4.82. The van der Waals surface area contributed by atoms with Gasteiger partial charge in [-0.25, -0.2) is 9.97 Å². The summed E-state index contributed by atoms with van der Waals surface area (Å²) in [4.78, 5) is 23.6. The first-order valence-electron chi connectivity index (χ1n) is 8.52. The molecule has 1 N–H and O–H groups in total. The minimum atomic E-state index is -0.240. The molecule has 3 rings (SSSR count). The Morgan fingerprint density at radius 2 is 2.00 bits per heavy atom. The molecule has 5 nitrogen and oxygen atoms in total. The number of likely N-dealkylation sites (N-methyl/N-ethyl adjacent to an activating group) is 1. The molecule has 0 bridgehead atoms. The molecule has 25 heavy (non-hydrogen) atoms. The predicted octanol–water partition coefficient (Wildman–Crippen LogP) is 3.08. The lowest BCUT2D eigenvalue weighted by atomic mass is 9.94. The van der Waals surface area contributed by atoms with Crippen molar-refractivity contribution in [3.63, 3.8) is 0 Å². The highest BCUT2D eigenvalue weighted by molar-refractivity contribution is 6.33. The van der Waals surface area contributed by atoms with Crippen LogP contribution in [-0.2, 0) is 0 Å². The molecule has 2 unspecified atom stereocenters. The van der Waals surface area contributed by atoms with E-state index in [9.17, 15) is 4.79 Å².